The van der Waals surface area contributed by atoms with E-state index in [9.17, 15) is 4.79 Å². The minimum Gasteiger partial charge on any atom is -0.314 e. The highest BCUT2D eigenvalue weighted by Gasteiger charge is 2.08. The van der Waals surface area contributed by atoms with Crippen molar-refractivity contribution in [2.75, 3.05) is 17.8 Å². The Morgan fingerprint density at radius 1 is 1.64 bits per heavy atom. The molecule has 1 rings (SSSR count). The van der Waals surface area contributed by atoms with Crippen LogP contribution in [-0.2, 0) is 4.79 Å². The number of benzene rings is 1. The second-order valence-corrected chi connectivity index (χ2v) is 3.05. The molecule has 1 aromatic rings. The van der Waals surface area contributed by atoms with Gasteiger partial charge in [0.15, 0.2) is 0 Å². The number of carbonyl (C=O) groups is 1. The van der Waals surface area contributed by atoms with Gasteiger partial charge in [-0.05, 0) is 18.2 Å². The average molecular weight is 208 g/mol. The lowest BCUT2D eigenvalue weighted by molar-refractivity contribution is -0.116. The fraction of sp³-hybridized carbons (Fsp3) is 0.182. The first-order valence-corrected chi connectivity index (χ1v) is 4.61. The molecule has 0 radical (unpaired) electrons. The summed E-state index contributed by atoms with van der Waals surface area (Å²) in [6, 6.07) is 7.20. The van der Waals surface area contributed by atoms with Crippen molar-refractivity contribution >= 4 is 23.2 Å². The molecule has 0 N–H and O–H groups in total. The summed E-state index contributed by atoms with van der Waals surface area (Å²) in [5.41, 5.74) is 1.50. The van der Waals surface area contributed by atoms with E-state index < -0.39 is 0 Å². The third kappa shape index (κ3) is 2.27. The quantitative estimate of drug-likeness (QED) is 0.536. The number of terminal acetylenes is 1. The van der Waals surface area contributed by atoms with Gasteiger partial charge in [0.2, 0.25) is 5.91 Å². The normalized spacial score (nSPS) is 9.21. The van der Waals surface area contributed by atoms with Crippen LogP contribution in [0.4, 0.5) is 5.69 Å². The predicted octanol–water partition coefficient (Wildman–Crippen LogP) is 1.87. The summed E-state index contributed by atoms with van der Waals surface area (Å²) in [5.74, 6) is 2.33. The summed E-state index contributed by atoms with van der Waals surface area (Å²) in [6.45, 7) is 0. The molecule has 0 saturated heterocycles. The Balaban J connectivity index is 2.96. The molecule has 0 aromatic heterocycles. The van der Waals surface area contributed by atoms with E-state index in [0.29, 0.717) is 0 Å². The largest absolute Gasteiger partial charge is 0.314 e. The lowest BCUT2D eigenvalue weighted by Gasteiger charge is -2.15. The van der Waals surface area contributed by atoms with Crippen LogP contribution in [0.15, 0.2) is 24.3 Å². The summed E-state index contributed by atoms with van der Waals surface area (Å²) in [7, 11) is 1.67. The van der Waals surface area contributed by atoms with Crippen LogP contribution in [0.3, 0.4) is 0 Å². The zero-order chi connectivity index (χ0) is 10.6. The van der Waals surface area contributed by atoms with Crippen LogP contribution in [0.25, 0.3) is 0 Å². The summed E-state index contributed by atoms with van der Waals surface area (Å²) in [4.78, 5) is 12.7. The van der Waals surface area contributed by atoms with Gasteiger partial charge in [-0.25, -0.2) is 0 Å². The van der Waals surface area contributed by atoms with Crippen LogP contribution in [0, 0.1) is 12.3 Å². The number of amides is 1. The van der Waals surface area contributed by atoms with Crippen LogP contribution >= 0.6 is 11.6 Å². The van der Waals surface area contributed by atoms with Gasteiger partial charge in [-0.3, -0.25) is 4.79 Å². The number of hydrogen-bond acceptors (Lipinski definition) is 1. The van der Waals surface area contributed by atoms with Gasteiger partial charge in [0.1, 0.15) is 5.88 Å². The summed E-state index contributed by atoms with van der Waals surface area (Å²) in [6.07, 6.45) is 5.25. The fourth-order valence-corrected chi connectivity index (χ4v) is 1.22. The summed E-state index contributed by atoms with van der Waals surface area (Å²) < 4.78 is 0. The third-order valence-corrected chi connectivity index (χ3v) is 2.12. The van der Waals surface area contributed by atoms with Crippen molar-refractivity contribution in [3.05, 3.63) is 29.8 Å². The molecule has 0 spiro atoms. The molecule has 1 amide bonds. The van der Waals surface area contributed by atoms with Gasteiger partial charge in [0.05, 0.1) is 0 Å². The van der Waals surface area contributed by atoms with E-state index in [-0.39, 0.29) is 11.8 Å². The fourth-order valence-electron chi connectivity index (χ4n) is 1.04. The van der Waals surface area contributed by atoms with E-state index in [4.69, 9.17) is 18.0 Å². The summed E-state index contributed by atoms with van der Waals surface area (Å²) >= 11 is 5.44. The van der Waals surface area contributed by atoms with Gasteiger partial charge < -0.3 is 4.90 Å². The molecular weight excluding hydrogens is 198 g/mol. The number of anilines is 1. The molecule has 0 unspecified atom stereocenters. The van der Waals surface area contributed by atoms with E-state index in [0.717, 1.165) is 11.3 Å². The molecule has 0 saturated carbocycles. The van der Waals surface area contributed by atoms with Crippen LogP contribution in [0.2, 0.25) is 0 Å². The maximum atomic E-state index is 11.3. The maximum absolute atomic E-state index is 11.3. The molecule has 72 valence electrons. The van der Waals surface area contributed by atoms with Gasteiger partial charge in [0.25, 0.3) is 0 Å². The van der Waals surface area contributed by atoms with Gasteiger partial charge in [0, 0.05) is 18.3 Å². The van der Waals surface area contributed by atoms with Crippen molar-refractivity contribution in [1.82, 2.24) is 0 Å². The Labute approximate surface area is 88.5 Å². The van der Waals surface area contributed by atoms with Crippen LogP contribution in [-0.4, -0.2) is 18.8 Å². The molecule has 0 bridgehead atoms. The van der Waals surface area contributed by atoms with Crippen molar-refractivity contribution in [3.63, 3.8) is 0 Å². The highest BCUT2D eigenvalue weighted by atomic mass is 35.5. The average Bonchev–Trinajstić information content (AvgIpc) is 2.27. The molecule has 0 atom stereocenters. The van der Waals surface area contributed by atoms with E-state index in [1.165, 1.54) is 4.90 Å². The lowest BCUT2D eigenvalue weighted by atomic mass is 10.2. The number of alkyl halides is 1. The second kappa shape index (κ2) is 4.69. The number of rotatable bonds is 2. The third-order valence-electron chi connectivity index (χ3n) is 1.89. The Morgan fingerprint density at radius 3 is 2.93 bits per heavy atom. The number of halogens is 1. The monoisotopic (exact) mass is 207 g/mol. The minimum absolute atomic E-state index is 0.0310. The first-order valence-electron chi connectivity index (χ1n) is 4.08. The Kier molecular flexibility index (Phi) is 3.55. The van der Waals surface area contributed by atoms with Crippen LogP contribution < -0.4 is 4.90 Å². The smallest absolute Gasteiger partial charge is 0.241 e. The maximum Gasteiger partial charge on any atom is 0.241 e. The molecule has 14 heavy (non-hydrogen) atoms. The zero-order valence-corrected chi connectivity index (χ0v) is 8.58. The SMILES string of the molecule is C#Cc1cccc(N(C)C(=O)CCl)c1. The van der Waals surface area contributed by atoms with Crippen molar-refractivity contribution in [2.24, 2.45) is 0 Å². The number of carbonyl (C=O) groups excluding carboxylic acids is 1. The highest BCUT2D eigenvalue weighted by molar-refractivity contribution is 6.29. The van der Waals surface area contributed by atoms with Crippen molar-refractivity contribution in [2.45, 2.75) is 0 Å². The minimum atomic E-state index is -0.152. The van der Waals surface area contributed by atoms with Crippen LogP contribution in [0.5, 0.6) is 0 Å². The molecule has 0 heterocycles. The Bertz CT molecular complexity index is 381. The number of hydrogen-bond donors (Lipinski definition) is 0. The predicted molar refractivity (Wildman–Crippen MR) is 58.5 cm³/mol. The standard InChI is InChI=1S/C11H10ClNO/c1-3-9-5-4-6-10(7-9)13(2)11(14)8-12/h1,4-7H,8H2,2H3. The van der Waals surface area contributed by atoms with E-state index in [2.05, 4.69) is 5.92 Å². The molecular formula is C11H10ClNO. The molecule has 0 aliphatic rings. The zero-order valence-electron chi connectivity index (χ0n) is 7.83. The van der Waals surface area contributed by atoms with Crippen molar-refractivity contribution < 1.29 is 4.79 Å². The molecule has 0 fully saturated rings. The molecule has 1 aromatic carbocycles. The van der Waals surface area contributed by atoms with Crippen LogP contribution in [0.1, 0.15) is 5.56 Å². The lowest BCUT2D eigenvalue weighted by Crippen LogP contribution is -2.27. The van der Waals surface area contributed by atoms with E-state index >= 15 is 0 Å². The molecule has 3 heteroatoms. The Hall–Kier alpha value is -1.46. The van der Waals surface area contributed by atoms with Gasteiger partial charge in [-0.1, -0.05) is 12.0 Å². The molecule has 0 aliphatic carbocycles. The summed E-state index contributed by atoms with van der Waals surface area (Å²) in [5, 5.41) is 0. The van der Waals surface area contributed by atoms with Gasteiger partial charge in [-0.15, -0.1) is 18.0 Å². The molecule has 2 nitrogen and oxygen atoms in total. The molecule has 0 aliphatic heterocycles. The first-order chi connectivity index (χ1) is 6.69. The topological polar surface area (TPSA) is 20.3 Å². The van der Waals surface area contributed by atoms with Gasteiger partial charge in [-0.2, -0.15) is 0 Å². The second-order valence-electron chi connectivity index (χ2n) is 2.78. The van der Waals surface area contributed by atoms with Crippen molar-refractivity contribution in [1.29, 1.82) is 0 Å². The van der Waals surface area contributed by atoms with Crippen molar-refractivity contribution in [3.8, 4) is 12.3 Å². The van der Waals surface area contributed by atoms with Gasteiger partial charge >= 0.3 is 0 Å². The van der Waals surface area contributed by atoms with E-state index in [1.54, 1.807) is 13.1 Å². The first kappa shape index (κ1) is 10.6. The Morgan fingerprint density at radius 2 is 2.36 bits per heavy atom. The van der Waals surface area contributed by atoms with E-state index in [1.807, 2.05) is 18.2 Å². The number of nitrogens with zero attached hydrogens (tertiary/aromatic N) is 1. The highest BCUT2D eigenvalue weighted by Crippen LogP contribution is 2.14.